The number of hydrogen-bond acceptors (Lipinski definition) is 5. The maximum absolute atomic E-state index is 14.1. The number of carbonyl (C=O) groups is 1. The third kappa shape index (κ3) is 4.44. The Hall–Kier alpha value is -2.32. The number of nitriles is 1. The molecular formula is C17H13F2IN4O2. The van der Waals surface area contributed by atoms with Gasteiger partial charge in [0.05, 0.1) is 17.9 Å². The van der Waals surface area contributed by atoms with Crippen LogP contribution in [0.5, 0.6) is 0 Å². The Labute approximate surface area is 161 Å². The van der Waals surface area contributed by atoms with Crippen molar-refractivity contribution in [3.63, 3.8) is 0 Å². The number of nitrogens with one attached hydrogen (secondary N) is 2. The maximum atomic E-state index is 14.1. The zero-order valence-electron chi connectivity index (χ0n) is 13.4. The predicted octanol–water partition coefficient (Wildman–Crippen LogP) is 3.65. The number of halogens is 3. The summed E-state index contributed by atoms with van der Waals surface area (Å²) in [6.45, 7) is 0.368. The summed E-state index contributed by atoms with van der Waals surface area (Å²) in [7, 11) is 0. The molecule has 0 bridgehead atoms. The van der Waals surface area contributed by atoms with E-state index in [1.54, 1.807) is 12.1 Å². The molecule has 1 fully saturated rings. The average Bonchev–Trinajstić information content (AvgIpc) is 3.42. The highest BCUT2D eigenvalue weighted by atomic mass is 127. The van der Waals surface area contributed by atoms with Crippen LogP contribution in [-0.4, -0.2) is 17.5 Å². The summed E-state index contributed by atoms with van der Waals surface area (Å²) in [5.41, 5.74) is 1.56. The van der Waals surface area contributed by atoms with Crippen LogP contribution in [0.1, 0.15) is 28.9 Å². The zero-order valence-corrected chi connectivity index (χ0v) is 15.5. The standard InChI is InChI=1S/C17H13F2IN4O2/c18-12-5-10(20)3-4-14(12)22-16-11(6-13(19)15(7-21)23-16)17(25)24-26-8-9-1-2-9/h3-6,9H,1-2,8H2,(H,22,23)(H,24,25). The van der Waals surface area contributed by atoms with Crippen molar-refractivity contribution in [2.75, 3.05) is 11.9 Å². The molecule has 0 unspecified atom stereocenters. The maximum Gasteiger partial charge on any atom is 0.278 e. The van der Waals surface area contributed by atoms with E-state index in [1.165, 1.54) is 12.1 Å². The molecule has 0 aliphatic heterocycles. The number of benzene rings is 1. The molecular weight excluding hydrogens is 457 g/mol. The number of anilines is 2. The minimum Gasteiger partial charge on any atom is -0.337 e. The molecule has 1 aromatic carbocycles. The Morgan fingerprint density at radius 2 is 2.12 bits per heavy atom. The van der Waals surface area contributed by atoms with Crippen molar-refractivity contribution in [2.24, 2.45) is 5.92 Å². The van der Waals surface area contributed by atoms with Crippen LogP contribution in [-0.2, 0) is 4.84 Å². The first-order valence-electron chi connectivity index (χ1n) is 7.72. The van der Waals surface area contributed by atoms with Crippen LogP contribution in [0.4, 0.5) is 20.3 Å². The Morgan fingerprint density at radius 1 is 1.35 bits per heavy atom. The molecule has 3 rings (SSSR count). The summed E-state index contributed by atoms with van der Waals surface area (Å²) in [5.74, 6) is -1.98. The smallest absolute Gasteiger partial charge is 0.278 e. The van der Waals surface area contributed by atoms with Crippen molar-refractivity contribution in [3.05, 3.63) is 50.7 Å². The molecule has 1 amide bonds. The molecule has 1 saturated carbocycles. The lowest BCUT2D eigenvalue weighted by Gasteiger charge is -2.13. The Kier molecular flexibility index (Phi) is 5.63. The van der Waals surface area contributed by atoms with E-state index >= 15 is 0 Å². The number of carbonyl (C=O) groups excluding carboxylic acids is 1. The van der Waals surface area contributed by atoms with Gasteiger partial charge in [0.2, 0.25) is 0 Å². The van der Waals surface area contributed by atoms with E-state index in [9.17, 15) is 13.6 Å². The molecule has 1 aliphatic carbocycles. The average molecular weight is 470 g/mol. The first-order chi connectivity index (χ1) is 12.5. The first-order valence-corrected chi connectivity index (χ1v) is 8.80. The van der Waals surface area contributed by atoms with Gasteiger partial charge in [0, 0.05) is 3.57 Å². The third-order valence-electron chi connectivity index (χ3n) is 3.69. The second kappa shape index (κ2) is 7.92. The monoisotopic (exact) mass is 470 g/mol. The van der Waals surface area contributed by atoms with Gasteiger partial charge in [-0.3, -0.25) is 9.63 Å². The van der Waals surface area contributed by atoms with Crippen molar-refractivity contribution in [1.82, 2.24) is 10.5 Å². The van der Waals surface area contributed by atoms with Crippen LogP contribution in [0.25, 0.3) is 0 Å². The molecule has 9 heteroatoms. The second-order valence-electron chi connectivity index (χ2n) is 5.76. The lowest BCUT2D eigenvalue weighted by molar-refractivity contribution is 0.0270. The number of hydrogen-bond donors (Lipinski definition) is 2. The summed E-state index contributed by atoms with van der Waals surface area (Å²) >= 11 is 1.95. The lowest BCUT2D eigenvalue weighted by atomic mass is 10.2. The van der Waals surface area contributed by atoms with Gasteiger partial charge in [0.1, 0.15) is 17.7 Å². The van der Waals surface area contributed by atoms with Crippen LogP contribution in [0.2, 0.25) is 0 Å². The molecule has 0 spiro atoms. The fourth-order valence-electron chi connectivity index (χ4n) is 2.12. The predicted molar refractivity (Wildman–Crippen MR) is 97.5 cm³/mol. The van der Waals surface area contributed by atoms with Gasteiger partial charge >= 0.3 is 0 Å². The van der Waals surface area contributed by atoms with Crippen molar-refractivity contribution >= 4 is 40.0 Å². The number of rotatable bonds is 6. The van der Waals surface area contributed by atoms with Gasteiger partial charge in [-0.15, -0.1) is 0 Å². The Morgan fingerprint density at radius 3 is 2.77 bits per heavy atom. The number of hydroxylamine groups is 1. The lowest BCUT2D eigenvalue weighted by Crippen LogP contribution is -2.26. The largest absolute Gasteiger partial charge is 0.337 e. The van der Waals surface area contributed by atoms with Crippen molar-refractivity contribution in [3.8, 4) is 6.07 Å². The molecule has 134 valence electrons. The summed E-state index contributed by atoms with van der Waals surface area (Å²) in [6, 6.07) is 6.86. The topological polar surface area (TPSA) is 87.0 Å². The van der Waals surface area contributed by atoms with Crippen molar-refractivity contribution in [2.45, 2.75) is 12.8 Å². The molecule has 1 aromatic heterocycles. The summed E-state index contributed by atoms with van der Waals surface area (Å²) in [5, 5.41) is 11.6. The number of nitrogens with zero attached hydrogens (tertiary/aromatic N) is 2. The van der Waals surface area contributed by atoms with Crippen LogP contribution >= 0.6 is 22.6 Å². The summed E-state index contributed by atoms with van der Waals surface area (Å²) in [6.07, 6.45) is 2.09. The van der Waals surface area contributed by atoms with Crippen molar-refractivity contribution < 1.29 is 18.4 Å². The number of amides is 1. The third-order valence-corrected chi connectivity index (χ3v) is 4.36. The molecule has 2 aromatic rings. The number of aromatic nitrogens is 1. The van der Waals surface area contributed by atoms with Gasteiger partial charge in [-0.1, -0.05) is 0 Å². The fourth-order valence-corrected chi connectivity index (χ4v) is 2.57. The Bertz CT molecular complexity index is 897. The highest BCUT2D eigenvalue weighted by Crippen LogP contribution is 2.28. The quantitative estimate of drug-likeness (QED) is 0.498. The molecule has 0 atom stereocenters. The molecule has 6 nitrogen and oxygen atoms in total. The fraction of sp³-hybridized carbons (Fsp3) is 0.235. The van der Waals surface area contributed by atoms with Crippen LogP contribution in [0.15, 0.2) is 24.3 Å². The Balaban J connectivity index is 1.87. The summed E-state index contributed by atoms with van der Waals surface area (Å²) in [4.78, 5) is 21.2. The van der Waals surface area contributed by atoms with E-state index in [0.717, 1.165) is 18.9 Å². The molecule has 0 saturated heterocycles. The molecule has 1 aliphatic rings. The van der Waals surface area contributed by atoms with E-state index in [-0.39, 0.29) is 17.1 Å². The van der Waals surface area contributed by atoms with Gasteiger partial charge < -0.3 is 5.32 Å². The second-order valence-corrected chi connectivity index (χ2v) is 7.01. The van der Waals surface area contributed by atoms with Gasteiger partial charge in [-0.2, -0.15) is 5.26 Å². The van der Waals surface area contributed by atoms with Gasteiger partial charge in [-0.05, 0) is 65.6 Å². The zero-order chi connectivity index (χ0) is 18.7. The van der Waals surface area contributed by atoms with E-state index in [4.69, 9.17) is 10.1 Å². The highest BCUT2D eigenvalue weighted by molar-refractivity contribution is 14.1. The van der Waals surface area contributed by atoms with Gasteiger partial charge in [0.25, 0.3) is 5.91 Å². The van der Waals surface area contributed by atoms with E-state index < -0.39 is 23.2 Å². The van der Waals surface area contributed by atoms with E-state index in [2.05, 4.69) is 15.8 Å². The molecule has 0 radical (unpaired) electrons. The van der Waals surface area contributed by atoms with E-state index in [0.29, 0.717) is 16.1 Å². The van der Waals surface area contributed by atoms with Crippen molar-refractivity contribution in [1.29, 1.82) is 5.26 Å². The van der Waals surface area contributed by atoms with Gasteiger partial charge in [-0.25, -0.2) is 19.2 Å². The summed E-state index contributed by atoms with van der Waals surface area (Å²) < 4.78 is 28.7. The van der Waals surface area contributed by atoms with Crippen LogP contribution < -0.4 is 10.8 Å². The number of pyridine rings is 1. The van der Waals surface area contributed by atoms with Crippen LogP contribution in [0.3, 0.4) is 0 Å². The molecule has 2 N–H and O–H groups in total. The SMILES string of the molecule is N#Cc1nc(Nc2ccc(I)cc2F)c(C(=O)NOCC2CC2)cc1F. The van der Waals surface area contributed by atoms with Gasteiger partial charge in [0.15, 0.2) is 11.5 Å². The molecule has 1 heterocycles. The minimum absolute atomic E-state index is 0.0429. The molecule has 26 heavy (non-hydrogen) atoms. The highest BCUT2D eigenvalue weighted by Gasteiger charge is 2.23. The van der Waals surface area contributed by atoms with Crippen LogP contribution in [0, 0.1) is 32.5 Å². The van der Waals surface area contributed by atoms with E-state index in [1.807, 2.05) is 22.6 Å². The normalized spacial score (nSPS) is 13.2. The minimum atomic E-state index is -0.950. The first kappa shape index (κ1) is 18.5.